The van der Waals surface area contributed by atoms with Crippen LogP contribution in [-0.2, 0) is 20.7 Å². The Kier molecular flexibility index (Phi) is 4.11. The van der Waals surface area contributed by atoms with E-state index in [1.54, 1.807) is 62.8 Å². The second-order valence-electron chi connectivity index (χ2n) is 6.03. The molecule has 4 aromatic rings. The van der Waals surface area contributed by atoms with E-state index in [-0.39, 0.29) is 12.3 Å². The van der Waals surface area contributed by atoms with Crippen LogP contribution in [0.3, 0.4) is 0 Å². The first-order valence-electron chi connectivity index (χ1n) is 8.25. The van der Waals surface area contributed by atoms with E-state index < -0.39 is 0 Å². The topological polar surface area (TPSA) is 88.5 Å². The molecule has 0 fully saturated rings. The maximum atomic E-state index is 12.5. The molecule has 0 spiro atoms. The second-order valence-corrected chi connectivity index (χ2v) is 6.03. The Bertz CT molecular complexity index is 1170. The average Bonchev–Trinajstić information content (AvgIpc) is 3.29. The third-order valence-corrected chi connectivity index (χ3v) is 4.23. The Hall–Kier alpha value is -3.62. The normalized spacial score (nSPS) is 11.1. The van der Waals surface area contributed by atoms with Crippen molar-refractivity contribution in [2.45, 2.75) is 6.61 Å². The van der Waals surface area contributed by atoms with E-state index in [4.69, 9.17) is 9.47 Å². The summed E-state index contributed by atoms with van der Waals surface area (Å²) in [5.74, 6) is 1.12. The quantitative estimate of drug-likeness (QED) is 0.531. The number of pyridine rings is 1. The minimum absolute atomic E-state index is 0.186. The Morgan fingerprint density at radius 1 is 1.15 bits per heavy atom. The SMILES string of the molecule is COc1cc(-c2cn(C)c(=O)n3cc(COc4ccnn4C)nc23)ccn1. The van der Waals surface area contributed by atoms with Gasteiger partial charge >= 0.3 is 5.69 Å². The predicted molar refractivity (Wildman–Crippen MR) is 97.8 cm³/mol. The molecular weight excluding hydrogens is 348 g/mol. The number of rotatable bonds is 5. The number of hydrogen-bond donors (Lipinski definition) is 0. The van der Waals surface area contributed by atoms with E-state index >= 15 is 0 Å². The van der Waals surface area contributed by atoms with Crippen LogP contribution in [0.2, 0.25) is 0 Å². The molecule has 0 atom stereocenters. The highest BCUT2D eigenvalue weighted by atomic mass is 16.5. The molecule has 0 amide bonds. The number of ether oxygens (including phenoxy) is 2. The van der Waals surface area contributed by atoms with E-state index in [9.17, 15) is 4.79 Å². The number of imidazole rings is 1. The molecule has 0 aliphatic heterocycles. The van der Waals surface area contributed by atoms with Crippen LogP contribution in [0.5, 0.6) is 11.8 Å². The van der Waals surface area contributed by atoms with E-state index in [1.807, 2.05) is 6.07 Å². The van der Waals surface area contributed by atoms with Crippen LogP contribution in [0.25, 0.3) is 16.8 Å². The van der Waals surface area contributed by atoms with Crippen LogP contribution in [0, 0.1) is 0 Å². The third kappa shape index (κ3) is 3.03. The lowest BCUT2D eigenvalue weighted by molar-refractivity contribution is 0.275. The van der Waals surface area contributed by atoms with Gasteiger partial charge in [0.15, 0.2) is 5.65 Å². The van der Waals surface area contributed by atoms with Gasteiger partial charge in [0.2, 0.25) is 11.8 Å². The number of methoxy groups -OCH3 is 1. The van der Waals surface area contributed by atoms with E-state index in [0.717, 1.165) is 11.1 Å². The van der Waals surface area contributed by atoms with Gasteiger partial charge in [0, 0.05) is 50.4 Å². The summed E-state index contributed by atoms with van der Waals surface area (Å²) < 4.78 is 15.6. The second kappa shape index (κ2) is 6.60. The van der Waals surface area contributed by atoms with Crippen molar-refractivity contribution in [2.24, 2.45) is 14.1 Å². The van der Waals surface area contributed by atoms with Crippen molar-refractivity contribution in [2.75, 3.05) is 7.11 Å². The molecule has 27 heavy (non-hydrogen) atoms. The lowest BCUT2D eigenvalue weighted by atomic mass is 10.1. The highest BCUT2D eigenvalue weighted by Gasteiger charge is 2.14. The molecule has 0 radical (unpaired) electrons. The summed E-state index contributed by atoms with van der Waals surface area (Å²) in [6, 6.07) is 5.42. The van der Waals surface area contributed by atoms with Crippen LogP contribution in [0.1, 0.15) is 5.69 Å². The fourth-order valence-corrected chi connectivity index (χ4v) is 2.85. The average molecular weight is 366 g/mol. The number of aromatic nitrogens is 6. The number of nitrogens with zero attached hydrogens (tertiary/aromatic N) is 6. The van der Waals surface area contributed by atoms with Gasteiger partial charge in [0.05, 0.1) is 19.0 Å². The lowest BCUT2D eigenvalue weighted by Crippen LogP contribution is -2.23. The largest absolute Gasteiger partial charge is 0.481 e. The summed E-state index contributed by atoms with van der Waals surface area (Å²) in [6.07, 6.45) is 6.76. The van der Waals surface area contributed by atoms with E-state index in [1.165, 1.54) is 8.97 Å². The zero-order chi connectivity index (χ0) is 19.0. The molecule has 0 unspecified atom stereocenters. The minimum Gasteiger partial charge on any atom is -0.481 e. The van der Waals surface area contributed by atoms with Crippen LogP contribution in [-0.4, -0.2) is 35.8 Å². The Balaban J connectivity index is 1.78. The molecule has 0 aliphatic rings. The molecule has 0 saturated carbocycles. The monoisotopic (exact) mass is 366 g/mol. The van der Waals surface area contributed by atoms with Gasteiger partial charge in [0.1, 0.15) is 6.61 Å². The van der Waals surface area contributed by atoms with Crippen molar-refractivity contribution < 1.29 is 9.47 Å². The van der Waals surface area contributed by atoms with Crippen molar-refractivity contribution in [1.29, 1.82) is 0 Å². The molecule has 0 aromatic carbocycles. The van der Waals surface area contributed by atoms with Crippen molar-refractivity contribution in [3.8, 4) is 22.9 Å². The van der Waals surface area contributed by atoms with Crippen LogP contribution in [0.15, 0.2) is 47.8 Å². The summed E-state index contributed by atoms with van der Waals surface area (Å²) >= 11 is 0. The zero-order valence-electron chi connectivity index (χ0n) is 15.2. The Labute approximate surface area is 154 Å². The molecule has 138 valence electrons. The molecule has 4 heterocycles. The smallest absolute Gasteiger partial charge is 0.333 e. The van der Waals surface area contributed by atoms with Crippen LogP contribution in [0.4, 0.5) is 0 Å². The molecule has 4 aromatic heterocycles. The molecular formula is C18H18N6O3. The molecule has 9 heteroatoms. The summed E-state index contributed by atoms with van der Waals surface area (Å²) in [6.45, 7) is 0.226. The van der Waals surface area contributed by atoms with Crippen molar-refractivity contribution in [3.63, 3.8) is 0 Å². The molecule has 0 bridgehead atoms. The first kappa shape index (κ1) is 16.8. The van der Waals surface area contributed by atoms with Gasteiger partial charge in [-0.25, -0.2) is 19.4 Å². The van der Waals surface area contributed by atoms with Gasteiger partial charge in [-0.05, 0) is 11.6 Å². The fourth-order valence-electron chi connectivity index (χ4n) is 2.85. The molecule has 0 aliphatic carbocycles. The van der Waals surface area contributed by atoms with E-state index in [0.29, 0.717) is 23.1 Å². The number of fused-ring (bicyclic) bond motifs is 1. The van der Waals surface area contributed by atoms with Crippen LogP contribution >= 0.6 is 0 Å². The van der Waals surface area contributed by atoms with Crippen molar-refractivity contribution in [1.82, 2.24) is 28.7 Å². The summed E-state index contributed by atoms with van der Waals surface area (Å²) in [4.78, 5) is 21.3. The first-order chi connectivity index (χ1) is 13.1. The van der Waals surface area contributed by atoms with Gasteiger partial charge in [0.25, 0.3) is 0 Å². The summed E-state index contributed by atoms with van der Waals surface area (Å²) in [5, 5.41) is 4.06. The predicted octanol–water partition coefficient (Wildman–Crippen LogP) is 1.42. The van der Waals surface area contributed by atoms with Crippen molar-refractivity contribution in [3.05, 3.63) is 59.2 Å². The first-order valence-corrected chi connectivity index (χ1v) is 8.25. The Morgan fingerprint density at radius 3 is 2.74 bits per heavy atom. The van der Waals surface area contributed by atoms with Gasteiger partial charge in [-0.3, -0.25) is 4.40 Å². The van der Waals surface area contributed by atoms with Gasteiger partial charge < -0.3 is 14.0 Å². The zero-order valence-corrected chi connectivity index (χ0v) is 15.2. The van der Waals surface area contributed by atoms with Crippen molar-refractivity contribution >= 4 is 5.65 Å². The molecule has 4 rings (SSSR count). The van der Waals surface area contributed by atoms with Gasteiger partial charge in [-0.1, -0.05) is 0 Å². The highest BCUT2D eigenvalue weighted by Crippen LogP contribution is 2.25. The number of aryl methyl sites for hydroxylation is 2. The molecule has 0 N–H and O–H groups in total. The maximum absolute atomic E-state index is 12.5. The lowest BCUT2D eigenvalue weighted by Gasteiger charge is -2.07. The molecule has 9 nitrogen and oxygen atoms in total. The standard InChI is InChI=1S/C18H18N6O3/c1-22-10-14(12-4-6-19-15(8-12)26-3)17-21-13(9-24(17)18(22)25)11-27-16-5-7-20-23(16)2/h4-10H,11H2,1-3H3. The Morgan fingerprint density at radius 2 is 2.00 bits per heavy atom. The minimum atomic E-state index is -0.186. The van der Waals surface area contributed by atoms with Gasteiger partial charge in [-0.2, -0.15) is 5.10 Å². The highest BCUT2D eigenvalue weighted by molar-refractivity contribution is 5.77. The third-order valence-electron chi connectivity index (χ3n) is 4.23. The van der Waals surface area contributed by atoms with Gasteiger partial charge in [-0.15, -0.1) is 0 Å². The van der Waals surface area contributed by atoms with E-state index in [2.05, 4.69) is 15.1 Å². The molecule has 0 saturated heterocycles. The number of hydrogen-bond acceptors (Lipinski definition) is 6. The summed E-state index contributed by atoms with van der Waals surface area (Å²) in [5.41, 5.74) is 2.66. The van der Waals surface area contributed by atoms with Crippen LogP contribution < -0.4 is 15.2 Å². The fraction of sp³-hybridized carbons (Fsp3) is 0.222. The summed E-state index contributed by atoms with van der Waals surface area (Å²) in [7, 11) is 5.06. The maximum Gasteiger partial charge on any atom is 0.333 e.